The summed E-state index contributed by atoms with van der Waals surface area (Å²) in [4.78, 5) is 31.9. The fraction of sp³-hybridized carbons (Fsp3) is 0.438. The van der Waals surface area contributed by atoms with E-state index in [2.05, 4.69) is 34.4 Å². The summed E-state index contributed by atoms with van der Waals surface area (Å²) in [7, 11) is 2.06. The van der Waals surface area contributed by atoms with Crippen LogP contribution in [0.15, 0.2) is 47.6 Å². The molecular formula is C32H34F2N6O2S. The molecule has 0 N–H and O–H groups in total. The molecule has 3 aliphatic heterocycles. The number of carbonyl (C=O) groups is 1. The van der Waals surface area contributed by atoms with Crippen molar-refractivity contribution in [2.75, 3.05) is 57.0 Å². The molecule has 6 rings (SSSR count). The van der Waals surface area contributed by atoms with Crippen molar-refractivity contribution in [3.63, 3.8) is 0 Å². The number of carbonyl (C=O) groups excluding carboxylic acids is 1. The number of amides is 1. The van der Waals surface area contributed by atoms with Gasteiger partial charge in [-0.15, -0.1) is 11.8 Å². The van der Waals surface area contributed by atoms with E-state index in [-0.39, 0.29) is 37.2 Å². The highest BCUT2D eigenvalue weighted by molar-refractivity contribution is 7.99. The van der Waals surface area contributed by atoms with E-state index in [4.69, 9.17) is 16.3 Å². The third-order valence-corrected chi connectivity index (χ3v) is 9.91. The van der Waals surface area contributed by atoms with Gasteiger partial charge in [0.2, 0.25) is 6.54 Å². The smallest absolute Gasteiger partial charge is 0.319 e. The Kier molecular flexibility index (Phi) is 8.50. The van der Waals surface area contributed by atoms with Crippen molar-refractivity contribution in [1.29, 1.82) is 0 Å². The van der Waals surface area contributed by atoms with E-state index in [0.717, 1.165) is 48.4 Å². The number of hydrogen-bond acceptors (Lipinski definition) is 7. The standard InChI is InChI=1S/C32H34F2N6O2S/c1-20(33)31(41)40-15-14-39(18-23(40)17-35-2)30-26-12-11-24(25-10-4-7-21-8-6-16-43-29(21)25)27(34)28(26)36-32(37-30)42-19-22-9-5-13-38(22)3/h4,7,10-12,22-23H,1,5-6,8-9,13-19H2,3H3/t22-,23-/m0/s1. The molecule has 1 aromatic heterocycles. The number of aromatic nitrogens is 2. The maximum atomic E-state index is 16.6. The van der Waals surface area contributed by atoms with Crippen LogP contribution in [0, 0.1) is 12.4 Å². The molecule has 43 heavy (non-hydrogen) atoms. The Labute approximate surface area is 254 Å². The third kappa shape index (κ3) is 5.78. The number of fused-ring (bicyclic) bond motifs is 2. The second-order valence-electron chi connectivity index (χ2n) is 11.3. The van der Waals surface area contributed by atoms with Crippen LogP contribution in [0.4, 0.5) is 14.6 Å². The average molecular weight is 605 g/mol. The summed E-state index contributed by atoms with van der Waals surface area (Å²) in [5.74, 6) is -0.848. The number of thioether (sulfide) groups is 1. The molecule has 0 unspecified atom stereocenters. The third-order valence-electron chi connectivity index (χ3n) is 8.64. The number of likely N-dealkylation sites (tertiary alicyclic amines) is 1. The second-order valence-corrected chi connectivity index (χ2v) is 12.4. The first-order valence-corrected chi connectivity index (χ1v) is 15.7. The highest BCUT2D eigenvalue weighted by Crippen LogP contribution is 2.41. The zero-order chi connectivity index (χ0) is 30.1. The number of likely N-dealkylation sites (N-methyl/N-ethyl adjacent to an activating group) is 1. The van der Waals surface area contributed by atoms with Crippen molar-refractivity contribution in [2.24, 2.45) is 0 Å². The topological polar surface area (TPSA) is 66.2 Å². The predicted molar refractivity (Wildman–Crippen MR) is 165 cm³/mol. The normalized spacial score (nSPS) is 20.6. The van der Waals surface area contributed by atoms with Crippen LogP contribution in [0.25, 0.3) is 26.9 Å². The molecule has 0 bridgehead atoms. The molecule has 2 atom stereocenters. The number of anilines is 1. The molecule has 0 spiro atoms. The van der Waals surface area contributed by atoms with Gasteiger partial charge in [0.05, 0.1) is 0 Å². The second kappa shape index (κ2) is 12.5. The number of nitrogens with zero attached hydrogens (tertiary/aromatic N) is 6. The van der Waals surface area contributed by atoms with Gasteiger partial charge in [0.25, 0.3) is 5.91 Å². The monoisotopic (exact) mass is 604 g/mol. The number of benzene rings is 2. The van der Waals surface area contributed by atoms with Crippen molar-refractivity contribution < 1.29 is 18.3 Å². The highest BCUT2D eigenvalue weighted by Gasteiger charge is 2.35. The number of piperazine rings is 1. The summed E-state index contributed by atoms with van der Waals surface area (Å²) in [6.07, 6.45) is 4.16. The molecule has 0 aliphatic carbocycles. The Morgan fingerprint density at radius 1 is 1.16 bits per heavy atom. The zero-order valence-corrected chi connectivity index (χ0v) is 25.0. The van der Waals surface area contributed by atoms with Gasteiger partial charge in [-0.05, 0) is 62.2 Å². The van der Waals surface area contributed by atoms with E-state index >= 15 is 4.39 Å². The van der Waals surface area contributed by atoms with Crippen molar-refractivity contribution >= 4 is 34.4 Å². The Morgan fingerprint density at radius 3 is 2.79 bits per heavy atom. The molecule has 2 aromatic carbocycles. The van der Waals surface area contributed by atoms with Gasteiger partial charge in [-0.2, -0.15) is 9.97 Å². The van der Waals surface area contributed by atoms with Crippen LogP contribution in [-0.2, 0) is 11.2 Å². The van der Waals surface area contributed by atoms with Crippen LogP contribution in [0.3, 0.4) is 0 Å². The van der Waals surface area contributed by atoms with Gasteiger partial charge in [-0.3, -0.25) is 4.79 Å². The number of aryl methyl sites for hydroxylation is 1. The lowest BCUT2D eigenvalue weighted by Gasteiger charge is -2.39. The van der Waals surface area contributed by atoms with Crippen molar-refractivity contribution in [1.82, 2.24) is 19.8 Å². The lowest BCUT2D eigenvalue weighted by atomic mass is 9.98. The first-order valence-electron chi connectivity index (χ1n) is 14.7. The minimum atomic E-state index is -1.06. The first-order chi connectivity index (χ1) is 20.9. The molecule has 8 nitrogen and oxygen atoms in total. The summed E-state index contributed by atoms with van der Waals surface area (Å²) < 4.78 is 36.5. The molecular weight excluding hydrogens is 570 g/mol. The lowest BCUT2D eigenvalue weighted by Crippen LogP contribution is -2.56. The molecule has 3 aromatic rings. The SMILES string of the molecule is [C-]#[N+]C[C@H]1CN(c2nc(OC[C@@H]3CCCN3C)nc3c(F)c(-c4cccc5c4SCCC5)ccc23)CCN1C(=O)C(=C)F. The Bertz CT molecular complexity index is 1610. The van der Waals surface area contributed by atoms with Crippen LogP contribution in [0.1, 0.15) is 24.8 Å². The predicted octanol–water partition coefficient (Wildman–Crippen LogP) is 5.37. The lowest BCUT2D eigenvalue weighted by molar-refractivity contribution is -0.131. The zero-order valence-electron chi connectivity index (χ0n) is 24.2. The number of rotatable bonds is 7. The van der Waals surface area contributed by atoms with E-state index in [1.807, 2.05) is 23.1 Å². The van der Waals surface area contributed by atoms with Gasteiger partial charge in [-0.25, -0.2) is 15.4 Å². The Balaban J connectivity index is 1.42. The van der Waals surface area contributed by atoms with E-state index in [1.54, 1.807) is 17.8 Å². The first kappa shape index (κ1) is 29.3. The quantitative estimate of drug-likeness (QED) is 0.266. The van der Waals surface area contributed by atoms with Gasteiger partial charge in [0.15, 0.2) is 11.6 Å². The molecule has 0 radical (unpaired) electrons. The molecule has 4 heterocycles. The molecule has 3 aliphatic rings. The molecule has 2 fully saturated rings. The minimum Gasteiger partial charge on any atom is -0.462 e. The maximum Gasteiger partial charge on any atom is 0.319 e. The Morgan fingerprint density at radius 2 is 2.02 bits per heavy atom. The van der Waals surface area contributed by atoms with Crippen molar-refractivity contribution in [3.8, 4) is 17.1 Å². The molecule has 224 valence electrons. The van der Waals surface area contributed by atoms with Gasteiger partial charge < -0.3 is 24.3 Å². The van der Waals surface area contributed by atoms with Crippen LogP contribution >= 0.6 is 11.8 Å². The van der Waals surface area contributed by atoms with E-state index in [1.165, 1.54) is 10.5 Å². The maximum absolute atomic E-state index is 16.6. The average Bonchev–Trinajstić information content (AvgIpc) is 3.44. The number of ether oxygens (including phenoxy) is 1. The van der Waals surface area contributed by atoms with Crippen LogP contribution < -0.4 is 9.64 Å². The summed E-state index contributed by atoms with van der Waals surface area (Å²) in [5.41, 5.74) is 2.73. The van der Waals surface area contributed by atoms with E-state index < -0.39 is 23.6 Å². The summed E-state index contributed by atoms with van der Waals surface area (Å²) in [6.45, 7) is 12.6. The molecule has 2 saturated heterocycles. The molecule has 1 amide bonds. The summed E-state index contributed by atoms with van der Waals surface area (Å²) in [6, 6.07) is 9.40. The van der Waals surface area contributed by atoms with Crippen molar-refractivity contribution in [3.05, 3.63) is 65.5 Å². The minimum absolute atomic E-state index is 0.00873. The fourth-order valence-corrected chi connectivity index (χ4v) is 7.52. The van der Waals surface area contributed by atoms with Crippen molar-refractivity contribution in [2.45, 2.75) is 42.7 Å². The van der Waals surface area contributed by atoms with Gasteiger partial charge in [0, 0.05) is 41.5 Å². The van der Waals surface area contributed by atoms with Gasteiger partial charge >= 0.3 is 6.01 Å². The van der Waals surface area contributed by atoms with Gasteiger partial charge in [-0.1, -0.05) is 30.8 Å². The molecule has 0 saturated carbocycles. The van der Waals surface area contributed by atoms with Crippen LogP contribution in [-0.4, -0.2) is 89.9 Å². The molecule has 11 heteroatoms. The van der Waals surface area contributed by atoms with Gasteiger partial charge in [0.1, 0.15) is 24.0 Å². The van der Waals surface area contributed by atoms with E-state index in [0.29, 0.717) is 29.9 Å². The highest BCUT2D eigenvalue weighted by atomic mass is 32.2. The Hall–Kier alpha value is -3.75. The number of halogens is 2. The summed E-state index contributed by atoms with van der Waals surface area (Å²) >= 11 is 1.76. The van der Waals surface area contributed by atoms with E-state index in [9.17, 15) is 9.18 Å². The summed E-state index contributed by atoms with van der Waals surface area (Å²) in [5, 5.41) is 0.514. The number of hydrogen-bond donors (Lipinski definition) is 0. The van der Waals surface area contributed by atoms with Crippen LogP contribution in [0.2, 0.25) is 0 Å². The van der Waals surface area contributed by atoms with Crippen LogP contribution in [0.5, 0.6) is 6.01 Å². The largest absolute Gasteiger partial charge is 0.462 e. The fourth-order valence-electron chi connectivity index (χ4n) is 6.33.